The number of nitrogens with zero attached hydrogens (tertiary/aromatic N) is 1. The largest absolute Gasteiger partial charge is 0.456 e. The predicted molar refractivity (Wildman–Crippen MR) is 248 cm³/mol. The van der Waals surface area contributed by atoms with E-state index in [1.165, 1.54) is 44.5 Å². The van der Waals surface area contributed by atoms with Gasteiger partial charge in [-0.15, -0.1) is 0 Å². The highest BCUT2D eigenvalue weighted by molar-refractivity contribution is 6.15. The van der Waals surface area contributed by atoms with Gasteiger partial charge in [0.1, 0.15) is 11.2 Å². The Balaban J connectivity index is 1.12. The molecule has 0 amide bonds. The van der Waals surface area contributed by atoms with Crippen LogP contribution in [0.2, 0.25) is 0 Å². The van der Waals surface area contributed by atoms with Gasteiger partial charge in [-0.2, -0.15) is 0 Å². The number of hydrogen-bond donors (Lipinski definition) is 0. The highest BCUT2D eigenvalue weighted by atomic mass is 16.3. The zero-order valence-electron chi connectivity index (χ0n) is 33.1. The highest BCUT2D eigenvalue weighted by Crippen LogP contribution is 2.52. The summed E-state index contributed by atoms with van der Waals surface area (Å²) in [7, 11) is 0. The number of furan rings is 1. The first-order valence-corrected chi connectivity index (χ1v) is 20.4. The molecule has 1 heterocycles. The quantitative estimate of drug-likeness (QED) is 0.161. The fourth-order valence-corrected chi connectivity index (χ4v) is 9.31. The van der Waals surface area contributed by atoms with Gasteiger partial charge in [-0.1, -0.05) is 178 Å². The van der Waals surface area contributed by atoms with Crippen LogP contribution in [0.1, 0.15) is 25.0 Å². The molecule has 0 spiro atoms. The highest BCUT2D eigenvalue weighted by Gasteiger charge is 2.36. The SMILES string of the molecule is CC1(C)c2ccccc2-c2c(-c3ccc(N(c4ccc(-c5ccccc5)cc4)c4cc(-c5ccccc5)cc5oc6cc(-c7ccccc7)ccc6c45)cc3)cccc21. The smallest absolute Gasteiger partial charge is 0.138 e. The van der Waals surface area contributed by atoms with E-state index in [-0.39, 0.29) is 5.41 Å². The molecule has 9 aromatic carbocycles. The van der Waals surface area contributed by atoms with E-state index >= 15 is 0 Å². The van der Waals surface area contributed by atoms with E-state index < -0.39 is 0 Å². The molecule has 0 atom stereocenters. The summed E-state index contributed by atoms with van der Waals surface area (Å²) in [5, 5.41) is 2.16. The minimum absolute atomic E-state index is 0.0606. The predicted octanol–water partition coefficient (Wildman–Crippen LogP) is 16.0. The molecule has 1 aromatic heterocycles. The lowest BCUT2D eigenvalue weighted by atomic mass is 9.82. The third-order valence-electron chi connectivity index (χ3n) is 12.3. The summed E-state index contributed by atoms with van der Waals surface area (Å²) in [6, 6.07) is 76.7. The molecule has 0 bridgehead atoms. The zero-order chi connectivity index (χ0) is 39.5. The maximum absolute atomic E-state index is 6.85. The fraction of sp³-hybridized carbons (Fsp3) is 0.0526. The third-order valence-corrected chi connectivity index (χ3v) is 12.3. The first kappa shape index (κ1) is 34.8. The zero-order valence-corrected chi connectivity index (χ0v) is 33.1. The minimum Gasteiger partial charge on any atom is -0.456 e. The Kier molecular flexibility index (Phi) is 8.20. The van der Waals surface area contributed by atoms with Gasteiger partial charge in [0.15, 0.2) is 0 Å². The van der Waals surface area contributed by atoms with E-state index in [4.69, 9.17) is 4.42 Å². The first-order chi connectivity index (χ1) is 29.0. The summed E-state index contributed by atoms with van der Waals surface area (Å²) in [5.41, 5.74) is 19.6. The van der Waals surface area contributed by atoms with Crippen LogP contribution < -0.4 is 4.90 Å². The van der Waals surface area contributed by atoms with Gasteiger partial charge in [0, 0.05) is 22.2 Å². The van der Waals surface area contributed by atoms with Crippen LogP contribution in [-0.4, -0.2) is 0 Å². The molecule has 0 saturated heterocycles. The Morgan fingerprint density at radius 1 is 0.373 bits per heavy atom. The second-order valence-corrected chi connectivity index (χ2v) is 16.1. The van der Waals surface area contributed by atoms with Crippen molar-refractivity contribution in [2.45, 2.75) is 19.3 Å². The lowest BCUT2D eigenvalue weighted by Crippen LogP contribution is -2.14. The topological polar surface area (TPSA) is 16.4 Å². The molecule has 0 N–H and O–H groups in total. The molecule has 2 heteroatoms. The maximum atomic E-state index is 6.85. The number of fused-ring (bicyclic) bond motifs is 6. The first-order valence-electron chi connectivity index (χ1n) is 20.4. The van der Waals surface area contributed by atoms with Crippen molar-refractivity contribution in [2.24, 2.45) is 0 Å². The van der Waals surface area contributed by atoms with Crippen LogP contribution in [0.5, 0.6) is 0 Å². The molecular weight excluding hydrogens is 715 g/mol. The van der Waals surface area contributed by atoms with Crippen molar-refractivity contribution in [3.05, 3.63) is 223 Å². The van der Waals surface area contributed by atoms with Crippen LogP contribution in [-0.2, 0) is 5.41 Å². The minimum atomic E-state index is -0.0606. The van der Waals surface area contributed by atoms with Gasteiger partial charge in [0.25, 0.3) is 0 Å². The summed E-state index contributed by atoms with van der Waals surface area (Å²) in [4.78, 5) is 2.40. The molecule has 280 valence electrons. The number of hydrogen-bond acceptors (Lipinski definition) is 2. The van der Waals surface area contributed by atoms with Gasteiger partial charge >= 0.3 is 0 Å². The third kappa shape index (κ3) is 5.87. The van der Waals surface area contributed by atoms with Crippen LogP contribution >= 0.6 is 0 Å². The normalized spacial score (nSPS) is 12.7. The number of anilines is 3. The average Bonchev–Trinajstić information content (AvgIpc) is 3.79. The van der Waals surface area contributed by atoms with Crippen molar-refractivity contribution in [1.82, 2.24) is 0 Å². The summed E-state index contributed by atoms with van der Waals surface area (Å²) in [6.07, 6.45) is 0. The lowest BCUT2D eigenvalue weighted by Gasteiger charge is -2.27. The van der Waals surface area contributed by atoms with E-state index in [1.54, 1.807) is 0 Å². The van der Waals surface area contributed by atoms with Crippen molar-refractivity contribution in [3.63, 3.8) is 0 Å². The lowest BCUT2D eigenvalue weighted by molar-refractivity contribution is 0.660. The van der Waals surface area contributed by atoms with Crippen molar-refractivity contribution >= 4 is 39.0 Å². The van der Waals surface area contributed by atoms with Gasteiger partial charge in [-0.05, 0) is 115 Å². The molecule has 1 aliphatic rings. The van der Waals surface area contributed by atoms with E-state index in [0.717, 1.165) is 61.3 Å². The second kappa shape index (κ2) is 13.9. The van der Waals surface area contributed by atoms with Crippen LogP contribution in [0.15, 0.2) is 217 Å². The Morgan fingerprint density at radius 3 is 1.53 bits per heavy atom. The molecule has 11 rings (SSSR count). The van der Waals surface area contributed by atoms with Gasteiger partial charge in [0.2, 0.25) is 0 Å². The summed E-state index contributed by atoms with van der Waals surface area (Å²) in [6.45, 7) is 4.69. The standard InChI is InChI=1S/C57H41NO/c1-57(2)50-23-13-12-21-48(50)55-47(22-14-24-51(55)57)42-27-32-46(33-28-42)58(45-30-25-41(26-31-45)38-15-6-3-7-16-38)52-35-44(40-19-10-5-11-20-40)37-54-56(52)49-34-29-43(36-53(49)59-54)39-17-8-4-9-18-39/h3-37H,1-2H3. The Labute approximate surface area is 345 Å². The second-order valence-electron chi connectivity index (χ2n) is 16.1. The van der Waals surface area contributed by atoms with Crippen LogP contribution in [0, 0.1) is 0 Å². The van der Waals surface area contributed by atoms with Crippen LogP contribution in [0.3, 0.4) is 0 Å². The Morgan fingerprint density at radius 2 is 0.864 bits per heavy atom. The Bertz CT molecular complexity index is 3140. The molecule has 10 aromatic rings. The number of rotatable bonds is 7. The fourth-order valence-electron chi connectivity index (χ4n) is 9.31. The van der Waals surface area contributed by atoms with Crippen molar-refractivity contribution < 1.29 is 4.42 Å². The van der Waals surface area contributed by atoms with Crippen molar-refractivity contribution in [2.75, 3.05) is 4.90 Å². The monoisotopic (exact) mass is 755 g/mol. The van der Waals surface area contributed by atoms with E-state index in [0.29, 0.717) is 0 Å². The van der Waals surface area contributed by atoms with Gasteiger partial charge < -0.3 is 9.32 Å². The molecule has 59 heavy (non-hydrogen) atoms. The molecule has 2 nitrogen and oxygen atoms in total. The summed E-state index contributed by atoms with van der Waals surface area (Å²) >= 11 is 0. The molecule has 0 saturated carbocycles. The number of benzene rings is 9. The Hall–Kier alpha value is -7.42. The van der Waals surface area contributed by atoms with Gasteiger partial charge in [-0.25, -0.2) is 0 Å². The molecular formula is C57H41NO. The summed E-state index contributed by atoms with van der Waals surface area (Å²) in [5.74, 6) is 0. The van der Waals surface area contributed by atoms with E-state index in [1.807, 2.05) is 0 Å². The van der Waals surface area contributed by atoms with Crippen molar-refractivity contribution in [3.8, 4) is 55.6 Å². The van der Waals surface area contributed by atoms with Crippen molar-refractivity contribution in [1.29, 1.82) is 0 Å². The molecule has 0 aliphatic heterocycles. The average molecular weight is 756 g/mol. The molecule has 1 aliphatic carbocycles. The van der Waals surface area contributed by atoms with Gasteiger partial charge in [-0.3, -0.25) is 0 Å². The van der Waals surface area contributed by atoms with Crippen LogP contribution in [0.4, 0.5) is 17.1 Å². The van der Waals surface area contributed by atoms with Crippen LogP contribution in [0.25, 0.3) is 77.6 Å². The maximum Gasteiger partial charge on any atom is 0.138 e. The summed E-state index contributed by atoms with van der Waals surface area (Å²) < 4.78 is 6.85. The van der Waals surface area contributed by atoms with E-state index in [2.05, 4.69) is 231 Å². The van der Waals surface area contributed by atoms with E-state index in [9.17, 15) is 0 Å². The molecule has 0 unspecified atom stereocenters. The van der Waals surface area contributed by atoms with Gasteiger partial charge in [0.05, 0.1) is 11.1 Å². The molecule has 0 fully saturated rings. The molecule has 0 radical (unpaired) electrons.